The van der Waals surface area contributed by atoms with E-state index < -0.39 is 24.0 Å². The van der Waals surface area contributed by atoms with E-state index in [2.05, 4.69) is 19.9 Å². The fourth-order valence-electron chi connectivity index (χ4n) is 3.82. The van der Waals surface area contributed by atoms with E-state index in [9.17, 15) is 19.1 Å². The fraction of sp³-hybridized carbons (Fsp3) is 0.316. The zero-order chi connectivity index (χ0) is 20.8. The van der Waals surface area contributed by atoms with Crippen LogP contribution in [0.15, 0.2) is 29.2 Å². The highest BCUT2D eigenvalue weighted by atomic mass is 19.1. The molecular formula is C19H17FN6O4. The van der Waals surface area contributed by atoms with E-state index in [0.717, 1.165) is 4.57 Å². The van der Waals surface area contributed by atoms with Crippen molar-refractivity contribution in [2.24, 2.45) is 0 Å². The van der Waals surface area contributed by atoms with Crippen LogP contribution in [0.4, 0.5) is 4.39 Å². The summed E-state index contributed by atoms with van der Waals surface area (Å²) in [5.41, 5.74) is 1.28. The van der Waals surface area contributed by atoms with Crippen LogP contribution in [-0.2, 0) is 16.1 Å². The Labute approximate surface area is 168 Å². The Morgan fingerprint density at radius 1 is 1.30 bits per heavy atom. The second-order valence-corrected chi connectivity index (χ2v) is 7.13. The number of carboxylic acids is 1. The van der Waals surface area contributed by atoms with Crippen LogP contribution in [0.1, 0.15) is 18.9 Å². The van der Waals surface area contributed by atoms with Gasteiger partial charge in [-0.2, -0.15) is 0 Å². The maximum atomic E-state index is 13.5. The SMILES string of the molecule is O=C(O)Cn1c(=O)n(C2CCOCC2)c2nc(-c3nc4ccc(F)cc4[nH]3)ncc21. The summed E-state index contributed by atoms with van der Waals surface area (Å²) in [4.78, 5) is 40.5. The lowest BCUT2D eigenvalue weighted by Gasteiger charge is -2.22. The average Bonchev–Trinajstić information content (AvgIpc) is 3.27. The molecule has 154 valence electrons. The Bertz CT molecular complexity index is 1330. The first-order valence-corrected chi connectivity index (χ1v) is 9.44. The summed E-state index contributed by atoms with van der Waals surface area (Å²) >= 11 is 0. The van der Waals surface area contributed by atoms with E-state index in [1.165, 1.54) is 22.9 Å². The Balaban J connectivity index is 1.69. The second kappa shape index (κ2) is 7.02. The van der Waals surface area contributed by atoms with Crippen molar-refractivity contribution < 1.29 is 19.0 Å². The zero-order valence-electron chi connectivity index (χ0n) is 15.7. The molecule has 1 aromatic carbocycles. The Morgan fingerprint density at radius 3 is 2.87 bits per heavy atom. The van der Waals surface area contributed by atoms with Crippen LogP contribution in [0.5, 0.6) is 0 Å². The number of ether oxygens (including phenoxy) is 1. The lowest BCUT2D eigenvalue weighted by Crippen LogP contribution is -2.32. The van der Waals surface area contributed by atoms with Crippen LogP contribution >= 0.6 is 0 Å². The first-order valence-electron chi connectivity index (χ1n) is 9.44. The number of halogens is 1. The van der Waals surface area contributed by atoms with Gasteiger partial charge in [0.1, 0.15) is 17.9 Å². The minimum atomic E-state index is -1.13. The van der Waals surface area contributed by atoms with Crippen molar-refractivity contribution in [2.45, 2.75) is 25.4 Å². The molecule has 4 aromatic rings. The zero-order valence-corrected chi connectivity index (χ0v) is 15.7. The molecule has 1 fully saturated rings. The van der Waals surface area contributed by atoms with E-state index >= 15 is 0 Å². The molecule has 30 heavy (non-hydrogen) atoms. The largest absolute Gasteiger partial charge is 0.480 e. The minimum Gasteiger partial charge on any atom is -0.480 e. The van der Waals surface area contributed by atoms with Gasteiger partial charge in [0, 0.05) is 19.3 Å². The third kappa shape index (κ3) is 3.03. The number of aliphatic carboxylic acids is 1. The summed E-state index contributed by atoms with van der Waals surface area (Å²) in [5.74, 6) is -0.971. The summed E-state index contributed by atoms with van der Waals surface area (Å²) in [7, 11) is 0. The number of nitrogens with one attached hydrogen (secondary N) is 1. The Morgan fingerprint density at radius 2 is 2.10 bits per heavy atom. The lowest BCUT2D eigenvalue weighted by molar-refractivity contribution is -0.137. The van der Waals surface area contributed by atoms with Gasteiger partial charge in [-0.05, 0) is 31.0 Å². The predicted molar refractivity (Wildman–Crippen MR) is 104 cm³/mol. The maximum absolute atomic E-state index is 13.5. The molecule has 1 saturated heterocycles. The molecule has 0 bridgehead atoms. The highest BCUT2D eigenvalue weighted by Crippen LogP contribution is 2.25. The number of aromatic nitrogens is 6. The number of fused-ring (bicyclic) bond motifs is 2. The summed E-state index contributed by atoms with van der Waals surface area (Å²) in [5, 5.41) is 9.23. The highest BCUT2D eigenvalue weighted by molar-refractivity contribution is 5.80. The molecule has 3 aromatic heterocycles. The molecule has 0 atom stereocenters. The summed E-state index contributed by atoms with van der Waals surface area (Å²) < 4.78 is 21.6. The van der Waals surface area contributed by atoms with Crippen LogP contribution in [0.3, 0.4) is 0 Å². The standard InChI is InChI=1S/C19H17FN6O4/c20-10-1-2-12-13(7-10)23-17(22-12)16-21-8-14-18(24-16)26(11-3-5-30-6-4-11)19(29)25(14)9-15(27)28/h1-2,7-8,11H,3-6,9H2,(H,22,23)(H,27,28). The van der Waals surface area contributed by atoms with E-state index in [1.807, 2.05) is 0 Å². The van der Waals surface area contributed by atoms with Crippen molar-refractivity contribution in [3.63, 3.8) is 0 Å². The van der Waals surface area contributed by atoms with Crippen molar-refractivity contribution in [2.75, 3.05) is 13.2 Å². The quantitative estimate of drug-likeness (QED) is 0.522. The topological polar surface area (TPSA) is 128 Å². The molecule has 1 aliphatic rings. The van der Waals surface area contributed by atoms with Crippen molar-refractivity contribution in [1.82, 2.24) is 29.1 Å². The van der Waals surface area contributed by atoms with Crippen molar-refractivity contribution >= 4 is 28.2 Å². The third-order valence-electron chi connectivity index (χ3n) is 5.21. The van der Waals surface area contributed by atoms with Crippen molar-refractivity contribution in [3.05, 3.63) is 40.7 Å². The molecule has 0 saturated carbocycles. The number of rotatable bonds is 4. The van der Waals surface area contributed by atoms with Crippen LogP contribution in [0.2, 0.25) is 0 Å². The number of aromatic amines is 1. The average molecular weight is 412 g/mol. The molecule has 0 aliphatic carbocycles. The smallest absolute Gasteiger partial charge is 0.331 e. The van der Waals surface area contributed by atoms with E-state index in [4.69, 9.17) is 4.74 Å². The minimum absolute atomic E-state index is 0.156. The van der Waals surface area contributed by atoms with Gasteiger partial charge < -0.3 is 14.8 Å². The molecule has 4 heterocycles. The summed E-state index contributed by atoms with van der Waals surface area (Å²) in [6.07, 6.45) is 2.66. The van der Waals surface area contributed by atoms with Gasteiger partial charge in [-0.25, -0.2) is 24.1 Å². The van der Waals surface area contributed by atoms with Crippen molar-refractivity contribution in [3.8, 4) is 11.6 Å². The Hall–Kier alpha value is -3.60. The molecule has 5 rings (SSSR count). The lowest BCUT2D eigenvalue weighted by atomic mass is 10.1. The van der Waals surface area contributed by atoms with Gasteiger partial charge in [-0.3, -0.25) is 13.9 Å². The van der Waals surface area contributed by atoms with Gasteiger partial charge in [0.25, 0.3) is 0 Å². The number of hydrogen-bond donors (Lipinski definition) is 2. The molecule has 11 heteroatoms. The molecule has 1 aliphatic heterocycles. The number of carbonyl (C=O) groups is 1. The number of benzene rings is 1. The molecule has 0 spiro atoms. The van der Waals surface area contributed by atoms with Crippen LogP contribution < -0.4 is 5.69 Å². The second-order valence-electron chi connectivity index (χ2n) is 7.13. The van der Waals surface area contributed by atoms with Gasteiger partial charge in [0.2, 0.25) is 0 Å². The maximum Gasteiger partial charge on any atom is 0.331 e. The number of H-pyrrole nitrogens is 1. The first-order chi connectivity index (χ1) is 14.5. The number of nitrogens with zero attached hydrogens (tertiary/aromatic N) is 5. The van der Waals surface area contributed by atoms with Gasteiger partial charge in [0.15, 0.2) is 17.3 Å². The van der Waals surface area contributed by atoms with Crippen molar-refractivity contribution in [1.29, 1.82) is 0 Å². The molecule has 0 radical (unpaired) electrons. The highest BCUT2D eigenvalue weighted by Gasteiger charge is 2.25. The predicted octanol–water partition coefficient (Wildman–Crippen LogP) is 1.71. The van der Waals surface area contributed by atoms with E-state index in [-0.39, 0.29) is 11.9 Å². The molecule has 10 nitrogen and oxygen atoms in total. The molecular weight excluding hydrogens is 395 g/mol. The number of carboxylic acid groups (broad SMARTS) is 1. The summed E-state index contributed by atoms with van der Waals surface area (Å²) in [6, 6.07) is 4.03. The number of imidazole rings is 2. The fourth-order valence-corrected chi connectivity index (χ4v) is 3.82. The number of hydrogen-bond acceptors (Lipinski definition) is 6. The van der Waals surface area contributed by atoms with Gasteiger partial charge in [-0.1, -0.05) is 0 Å². The molecule has 2 N–H and O–H groups in total. The summed E-state index contributed by atoms with van der Waals surface area (Å²) in [6.45, 7) is 0.531. The van der Waals surface area contributed by atoms with Gasteiger partial charge in [-0.15, -0.1) is 0 Å². The van der Waals surface area contributed by atoms with Gasteiger partial charge in [0.05, 0.1) is 17.2 Å². The normalized spacial score (nSPS) is 15.2. The van der Waals surface area contributed by atoms with E-state index in [1.54, 1.807) is 6.07 Å². The van der Waals surface area contributed by atoms with E-state index in [0.29, 0.717) is 54.1 Å². The Kier molecular flexibility index (Phi) is 4.31. The third-order valence-corrected chi connectivity index (χ3v) is 5.21. The van der Waals surface area contributed by atoms with Gasteiger partial charge >= 0.3 is 11.7 Å². The molecule has 0 unspecified atom stereocenters. The first kappa shape index (κ1) is 18.4. The van der Waals surface area contributed by atoms with Crippen LogP contribution in [0.25, 0.3) is 33.8 Å². The van der Waals surface area contributed by atoms with Crippen LogP contribution in [-0.4, -0.2) is 53.4 Å². The van der Waals surface area contributed by atoms with Crippen LogP contribution in [0, 0.1) is 5.82 Å². The monoisotopic (exact) mass is 412 g/mol. The molecule has 0 amide bonds.